The molecule has 0 aliphatic heterocycles. The zero-order chi connectivity index (χ0) is 17.7. The predicted octanol–water partition coefficient (Wildman–Crippen LogP) is 0.495. The minimum absolute atomic E-state index is 0.192. The largest absolute Gasteiger partial charge is 0.467 e. The zero-order valence-corrected chi connectivity index (χ0v) is 13.9. The van der Waals surface area contributed by atoms with Crippen LogP contribution in [0.1, 0.15) is 20.3 Å². The van der Waals surface area contributed by atoms with E-state index < -0.39 is 23.5 Å². The molecule has 24 heavy (non-hydrogen) atoms. The average molecular weight is 332 g/mol. The minimum atomic E-state index is -0.758. The molecule has 1 aromatic heterocycles. The normalized spacial score (nSPS) is 12.2. The third-order valence-electron chi connectivity index (χ3n) is 3.45. The van der Waals surface area contributed by atoms with Gasteiger partial charge in [0, 0.05) is 0 Å². The van der Waals surface area contributed by atoms with Crippen molar-refractivity contribution in [1.82, 2.24) is 20.3 Å². The number of nitrogens with one attached hydrogen (secondary N) is 1. The van der Waals surface area contributed by atoms with Gasteiger partial charge in [0.1, 0.15) is 18.1 Å². The lowest BCUT2D eigenvalue weighted by Gasteiger charge is -2.18. The summed E-state index contributed by atoms with van der Waals surface area (Å²) in [4.78, 5) is 36.2. The first-order chi connectivity index (χ1) is 11.4. The van der Waals surface area contributed by atoms with Crippen LogP contribution in [0.5, 0.6) is 0 Å². The van der Waals surface area contributed by atoms with E-state index in [9.17, 15) is 14.4 Å². The number of benzene rings is 1. The Kier molecular flexibility index (Phi) is 5.62. The number of esters is 1. The van der Waals surface area contributed by atoms with Crippen LogP contribution in [-0.2, 0) is 20.9 Å². The standard InChI is InChI=1S/C16H20N4O4/c1-10(2)8-13(16(23)24-3)17-14(21)9-20-15(22)11-6-4-5-7-12(11)18-19-20/h4-7,10,13H,8-9H2,1-3H3,(H,17,21)/t13-/m1/s1. The molecule has 1 atom stereocenters. The third-order valence-corrected chi connectivity index (χ3v) is 3.45. The van der Waals surface area contributed by atoms with Gasteiger partial charge in [-0.2, -0.15) is 0 Å². The van der Waals surface area contributed by atoms with E-state index in [1.807, 2.05) is 13.8 Å². The molecule has 0 bridgehead atoms. The Morgan fingerprint density at radius 1 is 1.29 bits per heavy atom. The highest BCUT2D eigenvalue weighted by Crippen LogP contribution is 2.06. The van der Waals surface area contributed by atoms with E-state index in [1.165, 1.54) is 7.11 Å². The number of fused-ring (bicyclic) bond motifs is 1. The first-order valence-corrected chi connectivity index (χ1v) is 7.62. The summed E-state index contributed by atoms with van der Waals surface area (Å²) < 4.78 is 5.67. The molecule has 1 aromatic carbocycles. The van der Waals surface area contributed by atoms with Crippen LogP contribution in [-0.4, -0.2) is 40.0 Å². The van der Waals surface area contributed by atoms with Crippen molar-refractivity contribution in [3.05, 3.63) is 34.6 Å². The number of hydrogen-bond acceptors (Lipinski definition) is 6. The van der Waals surface area contributed by atoms with E-state index in [4.69, 9.17) is 4.74 Å². The molecule has 2 rings (SSSR count). The van der Waals surface area contributed by atoms with E-state index in [0.717, 1.165) is 4.68 Å². The van der Waals surface area contributed by atoms with Crippen LogP contribution in [0.2, 0.25) is 0 Å². The van der Waals surface area contributed by atoms with Crippen LogP contribution in [0.3, 0.4) is 0 Å². The second-order valence-corrected chi connectivity index (χ2v) is 5.84. The van der Waals surface area contributed by atoms with Crippen molar-refractivity contribution in [1.29, 1.82) is 0 Å². The van der Waals surface area contributed by atoms with Crippen LogP contribution >= 0.6 is 0 Å². The van der Waals surface area contributed by atoms with Gasteiger partial charge in [0.2, 0.25) is 5.91 Å². The Morgan fingerprint density at radius 3 is 2.67 bits per heavy atom. The fourth-order valence-corrected chi connectivity index (χ4v) is 2.33. The third kappa shape index (κ3) is 4.15. The van der Waals surface area contributed by atoms with Crippen LogP contribution in [0.25, 0.3) is 10.9 Å². The highest BCUT2D eigenvalue weighted by Gasteiger charge is 2.23. The molecule has 1 heterocycles. The minimum Gasteiger partial charge on any atom is -0.467 e. The summed E-state index contributed by atoms with van der Waals surface area (Å²) in [5.74, 6) is -0.829. The van der Waals surface area contributed by atoms with Crippen LogP contribution in [0.15, 0.2) is 29.1 Å². The van der Waals surface area contributed by atoms with Gasteiger partial charge in [-0.25, -0.2) is 9.48 Å². The van der Waals surface area contributed by atoms with Crippen molar-refractivity contribution in [2.75, 3.05) is 7.11 Å². The summed E-state index contributed by atoms with van der Waals surface area (Å²) in [6, 6.07) is 6.00. The average Bonchev–Trinajstić information content (AvgIpc) is 2.56. The number of carbonyl (C=O) groups excluding carboxylic acids is 2. The first kappa shape index (κ1) is 17.6. The maximum Gasteiger partial charge on any atom is 0.328 e. The first-order valence-electron chi connectivity index (χ1n) is 7.62. The molecule has 8 heteroatoms. The Balaban J connectivity index is 2.15. The van der Waals surface area contributed by atoms with E-state index in [1.54, 1.807) is 24.3 Å². The van der Waals surface area contributed by atoms with Gasteiger partial charge in [-0.1, -0.05) is 31.2 Å². The molecule has 0 radical (unpaired) electrons. The Morgan fingerprint density at radius 2 is 2.00 bits per heavy atom. The monoisotopic (exact) mass is 332 g/mol. The van der Waals surface area contributed by atoms with Gasteiger partial charge in [0.25, 0.3) is 5.56 Å². The number of amides is 1. The van der Waals surface area contributed by atoms with E-state index >= 15 is 0 Å². The summed E-state index contributed by atoms with van der Waals surface area (Å²) in [6.45, 7) is 3.55. The highest BCUT2D eigenvalue weighted by molar-refractivity contribution is 5.84. The molecule has 128 valence electrons. The maximum atomic E-state index is 12.3. The fourth-order valence-electron chi connectivity index (χ4n) is 2.33. The SMILES string of the molecule is COC(=O)[C@@H](CC(C)C)NC(=O)Cn1nnc2ccccc2c1=O. The number of hydrogen-bond donors (Lipinski definition) is 1. The molecule has 0 spiro atoms. The van der Waals surface area contributed by atoms with E-state index in [2.05, 4.69) is 15.6 Å². The molecule has 0 saturated heterocycles. The van der Waals surface area contributed by atoms with Gasteiger partial charge < -0.3 is 10.1 Å². The number of rotatable bonds is 6. The number of aromatic nitrogens is 3. The summed E-state index contributed by atoms with van der Waals surface area (Å²) in [5.41, 5.74) is 0.0561. The van der Waals surface area contributed by atoms with E-state index in [-0.39, 0.29) is 12.5 Å². The molecular formula is C16H20N4O4. The smallest absolute Gasteiger partial charge is 0.328 e. The molecule has 1 amide bonds. The zero-order valence-electron chi connectivity index (χ0n) is 13.9. The van der Waals surface area contributed by atoms with Gasteiger partial charge in [0.15, 0.2) is 0 Å². The van der Waals surface area contributed by atoms with E-state index in [0.29, 0.717) is 17.3 Å². The summed E-state index contributed by atoms with van der Waals surface area (Å²) in [6.07, 6.45) is 0.441. The van der Waals surface area contributed by atoms with Crippen LogP contribution in [0, 0.1) is 5.92 Å². The lowest BCUT2D eigenvalue weighted by Crippen LogP contribution is -2.45. The Hall–Kier alpha value is -2.77. The highest BCUT2D eigenvalue weighted by atomic mass is 16.5. The molecule has 0 fully saturated rings. The second kappa shape index (κ2) is 7.67. The topological polar surface area (TPSA) is 103 Å². The molecule has 1 N–H and O–H groups in total. The van der Waals surface area contributed by atoms with Crippen molar-refractivity contribution in [2.45, 2.75) is 32.9 Å². The summed E-state index contributed by atoms with van der Waals surface area (Å²) in [5, 5.41) is 10.6. The number of ether oxygens (including phenoxy) is 1. The number of methoxy groups -OCH3 is 1. The van der Waals surface area contributed by atoms with Gasteiger partial charge in [-0.3, -0.25) is 9.59 Å². The van der Waals surface area contributed by atoms with Gasteiger partial charge in [-0.15, -0.1) is 5.10 Å². The van der Waals surface area contributed by atoms with Gasteiger partial charge >= 0.3 is 5.97 Å². The van der Waals surface area contributed by atoms with Crippen LogP contribution < -0.4 is 10.9 Å². The van der Waals surface area contributed by atoms with Crippen molar-refractivity contribution in [3.8, 4) is 0 Å². The molecule has 0 aliphatic rings. The number of carbonyl (C=O) groups is 2. The quantitative estimate of drug-likeness (QED) is 0.773. The predicted molar refractivity (Wildman–Crippen MR) is 87.2 cm³/mol. The maximum absolute atomic E-state index is 12.3. The molecule has 8 nitrogen and oxygen atoms in total. The van der Waals surface area contributed by atoms with Gasteiger partial charge in [-0.05, 0) is 24.5 Å². The lowest BCUT2D eigenvalue weighted by atomic mass is 10.0. The molecule has 0 saturated carbocycles. The molecule has 2 aromatic rings. The van der Waals surface area contributed by atoms with Crippen molar-refractivity contribution < 1.29 is 14.3 Å². The van der Waals surface area contributed by atoms with Gasteiger partial charge in [0.05, 0.1) is 12.5 Å². The molecule has 0 aliphatic carbocycles. The van der Waals surface area contributed by atoms with Crippen molar-refractivity contribution in [2.24, 2.45) is 5.92 Å². The Labute approximate surface area is 138 Å². The summed E-state index contributed by atoms with van der Waals surface area (Å²) in [7, 11) is 1.27. The molecule has 0 unspecified atom stereocenters. The van der Waals surface area contributed by atoms with Crippen molar-refractivity contribution >= 4 is 22.8 Å². The van der Waals surface area contributed by atoms with Crippen LogP contribution in [0.4, 0.5) is 0 Å². The summed E-state index contributed by atoms with van der Waals surface area (Å²) >= 11 is 0. The number of nitrogens with zero attached hydrogens (tertiary/aromatic N) is 3. The lowest BCUT2D eigenvalue weighted by molar-refractivity contribution is -0.145. The molecular weight excluding hydrogens is 312 g/mol. The van der Waals surface area contributed by atoms with Crippen molar-refractivity contribution in [3.63, 3.8) is 0 Å². The fraction of sp³-hybridized carbons (Fsp3) is 0.438. The Bertz CT molecular complexity index is 800. The second-order valence-electron chi connectivity index (χ2n) is 5.84.